The van der Waals surface area contributed by atoms with Crippen LogP contribution in [0.2, 0.25) is 0 Å². The third-order valence-corrected chi connectivity index (χ3v) is 4.80. The van der Waals surface area contributed by atoms with Crippen molar-refractivity contribution in [2.45, 2.75) is 0 Å². The molecule has 0 unspecified atom stereocenters. The van der Waals surface area contributed by atoms with Crippen molar-refractivity contribution in [3.8, 4) is 5.88 Å². The second kappa shape index (κ2) is 5.26. The SMILES string of the molecule is COc1c(C2=CC(=O)N(C)C2=O)c2c(n1C)C(=O)c1ccccc1C2=O. The maximum absolute atomic E-state index is 13.1. The van der Waals surface area contributed by atoms with Gasteiger partial charge in [-0.1, -0.05) is 24.3 Å². The first kappa shape index (κ1) is 16.0. The number of amides is 2. The lowest BCUT2D eigenvalue weighted by Gasteiger charge is -2.16. The molecule has 0 N–H and O–H groups in total. The number of aromatic nitrogens is 1. The van der Waals surface area contributed by atoms with Gasteiger partial charge in [0, 0.05) is 31.3 Å². The molecule has 0 bridgehead atoms. The van der Waals surface area contributed by atoms with Gasteiger partial charge in [0.15, 0.2) is 5.78 Å². The highest BCUT2D eigenvalue weighted by atomic mass is 16.5. The van der Waals surface area contributed by atoms with Crippen LogP contribution in [0.4, 0.5) is 0 Å². The van der Waals surface area contributed by atoms with E-state index in [2.05, 4.69) is 0 Å². The molecule has 0 saturated carbocycles. The zero-order chi connectivity index (χ0) is 18.7. The van der Waals surface area contributed by atoms with Crippen LogP contribution in [0.5, 0.6) is 5.88 Å². The summed E-state index contributed by atoms with van der Waals surface area (Å²) in [4.78, 5) is 51.5. The Kier molecular flexibility index (Phi) is 3.24. The van der Waals surface area contributed by atoms with E-state index in [4.69, 9.17) is 4.74 Å². The summed E-state index contributed by atoms with van der Waals surface area (Å²) in [5.74, 6) is -1.54. The fraction of sp³-hybridized carbons (Fsp3) is 0.158. The predicted octanol–water partition coefficient (Wildman–Crippen LogP) is 1.19. The Labute approximate surface area is 148 Å². The van der Waals surface area contributed by atoms with Crippen molar-refractivity contribution in [1.82, 2.24) is 9.47 Å². The average molecular weight is 350 g/mol. The maximum Gasteiger partial charge on any atom is 0.261 e. The summed E-state index contributed by atoms with van der Waals surface area (Å²) in [6.07, 6.45) is 1.17. The van der Waals surface area contributed by atoms with Gasteiger partial charge in [-0.15, -0.1) is 0 Å². The third-order valence-electron chi connectivity index (χ3n) is 4.80. The zero-order valence-corrected chi connectivity index (χ0v) is 14.3. The van der Waals surface area contributed by atoms with Crippen molar-refractivity contribution in [1.29, 1.82) is 0 Å². The molecule has 0 saturated heterocycles. The molecule has 2 aromatic rings. The first-order valence-electron chi connectivity index (χ1n) is 7.87. The quantitative estimate of drug-likeness (QED) is 0.648. The van der Waals surface area contributed by atoms with E-state index in [0.717, 1.165) is 4.90 Å². The minimum absolute atomic E-state index is 0.0479. The van der Waals surface area contributed by atoms with Gasteiger partial charge in [0.2, 0.25) is 11.7 Å². The summed E-state index contributed by atoms with van der Waals surface area (Å²) in [6.45, 7) is 0. The minimum Gasteiger partial charge on any atom is -0.482 e. The highest BCUT2D eigenvalue weighted by molar-refractivity contribution is 6.37. The van der Waals surface area contributed by atoms with Gasteiger partial charge in [0.25, 0.3) is 11.8 Å². The molecule has 130 valence electrons. The van der Waals surface area contributed by atoms with Gasteiger partial charge < -0.3 is 9.30 Å². The number of likely N-dealkylation sites (N-methyl/N-ethyl adjacent to an activating group) is 1. The Morgan fingerprint density at radius 1 is 0.885 bits per heavy atom. The summed E-state index contributed by atoms with van der Waals surface area (Å²) >= 11 is 0. The molecule has 0 fully saturated rings. The van der Waals surface area contributed by atoms with Gasteiger partial charge in [0.05, 0.1) is 23.8 Å². The fourth-order valence-electron chi connectivity index (χ4n) is 3.52. The molecule has 1 aliphatic carbocycles. The van der Waals surface area contributed by atoms with E-state index in [1.54, 1.807) is 31.3 Å². The molecule has 4 rings (SSSR count). The van der Waals surface area contributed by atoms with E-state index >= 15 is 0 Å². The first-order valence-corrected chi connectivity index (χ1v) is 7.87. The molecule has 7 nitrogen and oxygen atoms in total. The number of benzene rings is 1. The molecule has 7 heteroatoms. The van der Waals surface area contributed by atoms with Crippen molar-refractivity contribution in [3.05, 3.63) is 58.3 Å². The molecular weight excluding hydrogens is 336 g/mol. The molecule has 2 heterocycles. The standard InChI is InChI=1S/C19H14N2O5/c1-20-12(22)8-11(18(20)25)13-14-15(21(2)19(13)26-3)17(24)10-7-5-4-6-9(10)16(14)23/h4-8H,1-3H3. The van der Waals surface area contributed by atoms with Gasteiger partial charge in [0.1, 0.15) is 5.69 Å². The van der Waals surface area contributed by atoms with Crippen molar-refractivity contribution in [3.63, 3.8) is 0 Å². The normalized spacial score (nSPS) is 16.0. The molecule has 0 radical (unpaired) electrons. The van der Waals surface area contributed by atoms with E-state index in [1.165, 1.54) is 24.8 Å². The van der Waals surface area contributed by atoms with Gasteiger partial charge in [-0.25, -0.2) is 0 Å². The smallest absolute Gasteiger partial charge is 0.261 e. The Morgan fingerprint density at radius 3 is 2.04 bits per heavy atom. The van der Waals surface area contributed by atoms with E-state index < -0.39 is 11.8 Å². The highest BCUT2D eigenvalue weighted by Gasteiger charge is 2.42. The Hall–Kier alpha value is -3.48. The van der Waals surface area contributed by atoms with Crippen molar-refractivity contribution in [2.24, 2.45) is 7.05 Å². The van der Waals surface area contributed by atoms with Crippen LogP contribution >= 0.6 is 0 Å². The Balaban J connectivity index is 2.06. The summed E-state index contributed by atoms with van der Waals surface area (Å²) in [6, 6.07) is 6.53. The molecular formula is C19H14N2O5. The van der Waals surface area contributed by atoms with E-state index in [1.807, 2.05) is 0 Å². The summed E-state index contributed by atoms with van der Waals surface area (Å²) in [5, 5.41) is 0. The van der Waals surface area contributed by atoms with Crippen molar-refractivity contribution in [2.75, 3.05) is 14.2 Å². The number of carbonyl (C=O) groups excluding carboxylic acids is 4. The van der Waals surface area contributed by atoms with Crippen molar-refractivity contribution < 1.29 is 23.9 Å². The van der Waals surface area contributed by atoms with Crippen LogP contribution in [0.25, 0.3) is 5.57 Å². The molecule has 2 amide bonds. The molecule has 1 aromatic carbocycles. The number of hydrogen-bond acceptors (Lipinski definition) is 5. The minimum atomic E-state index is -0.541. The third kappa shape index (κ3) is 1.82. The van der Waals surface area contributed by atoms with Gasteiger partial charge in [-0.2, -0.15) is 0 Å². The van der Waals surface area contributed by atoms with Crippen LogP contribution in [-0.2, 0) is 16.6 Å². The topological polar surface area (TPSA) is 85.7 Å². The number of ether oxygens (including phenoxy) is 1. The van der Waals surface area contributed by atoms with Gasteiger partial charge >= 0.3 is 0 Å². The first-order chi connectivity index (χ1) is 12.4. The van der Waals surface area contributed by atoms with E-state index in [0.29, 0.717) is 5.56 Å². The molecule has 2 aliphatic rings. The predicted molar refractivity (Wildman–Crippen MR) is 91.0 cm³/mol. The number of hydrogen-bond donors (Lipinski definition) is 0. The maximum atomic E-state index is 13.1. The summed E-state index contributed by atoms with van der Waals surface area (Å²) in [5.41, 5.74) is 1.05. The number of nitrogens with zero attached hydrogens (tertiary/aromatic N) is 2. The number of rotatable bonds is 2. The molecule has 0 atom stereocenters. The molecule has 26 heavy (non-hydrogen) atoms. The fourth-order valence-corrected chi connectivity index (χ4v) is 3.52. The molecule has 1 aromatic heterocycles. The van der Waals surface area contributed by atoms with Crippen LogP contribution in [0.1, 0.15) is 37.5 Å². The molecule has 0 spiro atoms. The Bertz CT molecular complexity index is 1070. The molecule has 1 aliphatic heterocycles. The number of imide groups is 1. The van der Waals surface area contributed by atoms with Crippen LogP contribution in [-0.4, -0.2) is 47.0 Å². The van der Waals surface area contributed by atoms with Gasteiger partial charge in [-0.05, 0) is 0 Å². The monoisotopic (exact) mass is 350 g/mol. The van der Waals surface area contributed by atoms with Crippen LogP contribution in [0.15, 0.2) is 30.3 Å². The van der Waals surface area contributed by atoms with Gasteiger partial charge in [-0.3, -0.25) is 24.1 Å². The lowest BCUT2D eigenvalue weighted by molar-refractivity contribution is -0.134. The lowest BCUT2D eigenvalue weighted by atomic mass is 9.85. The number of carbonyl (C=O) groups is 4. The second-order valence-electron chi connectivity index (χ2n) is 6.13. The summed E-state index contributed by atoms with van der Waals surface area (Å²) in [7, 11) is 4.34. The Morgan fingerprint density at radius 2 is 1.50 bits per heavy atom. The van der Waals surface area contributed by atoms with Crippen molar-refractivity contribution >= 4 is 29.0 Å². The number of fused-ring (bicyclic) bond motifs is 2. The summed E-state index contributed by atoms with van der Waals surface area (Å²) < 4.78 is 6.85. The lowest BCUT2D eigenvalue weighted by Crippen LogP contribution is -2.26. The van der Waals surface area contributed by atoms with Crippen LogP contribution < -0.4 is 4.74 Å². The zero-order valence-electron chi connectivity index (χ0n) is 14.3. The van der Waals surface area contributed by atoms with Crippen LogP contribution in [0.3, 0.4) is 0 Å². The second-order valence-corrected chi connectivity index (χ2v) is 6.13. The van der Waals surface area contributed by atoms with Crippen LogP contribution in [0, 0.1) is 0 Å². The number of methoxy groups -OCH3 is 1. The van der Waals surface area contributed by atoms with E-state index in [-0.39, 0.29) is 45.4 Å². The average Bonchev–Trinajstić information content (AvgIpc) is 3.07. The van der Waals surface area contributed by atoms with E-state index in [9.17, 15) is 19.2 Å². The largest absolute Gasteiger partial charge is 0.482 e. The number of ketones is 2. The highest BCUT2D eigenvalue weighted by Crippen LogP contribution is 2.41.